The Morgan fingerprint density at radius 3 is 2.20 bits per heavy atom. The fourth-order valence-electron chi connectivity index (χ4n) is 2.22. The van der Waals surface area contributed by atoms with E-state index < -0.39 is 9.84 Å². The van der Waals surface area contributed by atoms with Crippen molar-refractivity contribution in [3.8, 4) is 17.4 Å². The molecule has 0 saturated carbocycles. The van der Waals surface area contributed by atoms with Crippen LogP contribution in [-0.4, -0.2) is 20.5 Å². The molecule has 0 fully saturated rings. The number of hydrogen-bond acceptors (Lipinski definition) is 5. The van der Waals surface area contributed by atoms with Crippen LogP contribution >= 0.6 is 0 Å². The Morgan fingerprint density at radius 2 is 1.56 bits per heavy atom. The molecule has 25 heavy (non-hydrogen) atoms. The number of sulfone groups is 1. The van der Waals surface area contributed by atoms with Gasteiger partial charge in [0.1, 0.15) is 11.5 Å². The maximum absolute atomic E-state index is 12.9. The molecule has 0 atom stereocenters. The Balaban J connectivity index is 1.98. The van der Waals surface area contributed by atoms with Crippen LogP contribution in [0, 0.1) is 6.92 Å². The van der Waals surface area contributed by atoms with E-state index >= 15 is 0 Å². The van der Waals surface area contributed by atoms with Gasteiger partial charge in [0.05, 0.1) is 12.0 Å². The summed E-state index contributed by atoms with van der Waals surface area (Å²) in [4.78, 5) is 4.27. The Morgan fingerprint density at radius 1 is 0.880 bits per heavy atom. The van der Waals surface area contributed by atoms with Crippen molar-refractivity contribution in [2.45, 2.75) is 9.92 Å². The second-order valence-electron chi connectivity index (χ2n) is 5.21. The van der Waals surface area contributed by atoms with E-state index in [-0.39, 0.29) is 15.8 Å². The Labute approximate surface area is 146 Å². The molecule has 0 N–H and O–H groups in total. The number of para-hydroxylation sites is 1. The molecule has 1 radical (unpaired) electrons. The van der Waals surface area contributed by atoms with Crippen molar-refractivity contribution < 1.29 is 17.9 Å². The molecule has 3 rings (SSSR count). The van der Waals surface area contributed by atoms with Gasteiger partial charge >= 0.3 is 0 Å². The number of ether oxygens (including phenoxy) is 2. The Hall–Kier alpha value is -2.86. The lowest BCUT2D eigenvalue weighted by atomic mass is 10.3. The van der Waals surface area contributed by atoms with Crippen molar-refractivity contribution in [2.24, 2.45) is 0 Å². The number of methoxy groups -OCH3 is 1. The third kappa shape index (κ3) is 3.64. The zero-order chi connectivity index (χ0) is 17.9. The van der Waals surface area contributed by atoms with Crippen LogP contribution in [0.25, 0.3) is 0 Å². The van der Waals surface area contributed by atoms with E-state index in [9.17, 15) is 8.42 Å². The average Bonchev–Trinajstić information content (AvgIpc) is 2.64. The van der Waals surface area contributed by atoms with E-state index in [1.807, 2.05) is 18.2 Å². The van der Waals surface area contributed by atoms with E-state index in [2.05, 4.69) is 11.9 Å². The van der Waals surface area contributed by atoms with Crippen LogP contribution in [0.15, 0.2) is 76.7 Å². The summed E-state index contributed by atoms with van der Waals surface area (Å²) >= 11 is 0. The largest absolute Gasteiger partial charge is 0.497 e. The normalized spacial score (nSPS) is 11.1. The molecule has 0 unspecified atom stereocenters. The fourth-order valence-corrected chi connectivity index (χ4v) is 3.56. The van der Waals surface area contributed by atoms with Crippen LogP contribution in [0.3, 0.4) is 0 Å². The third-order valence-corrected chi connectivity index (χ3v) is 5.26. The molecule has 127 valence electrons. The van der Waals surface area contributed by atoms with Crippen molar-refractivity contribution in [1.29, 1.82) is 0 Å². The highest BCUT2D eigenvalue weighted by Crippen LogP contribution is 2.27. The van der Waals surface area contributed by atoms with Gasteiger partial charge in [-0.15, -0.1) is 0 Å². The summed E-state index contributed by atoms with van der Waals surface area (Å²) in [6.45, 7) is 3.77. The first-order valence-corrected chi connectivity index (χ1v) is 8.94. The van der Waals surface area contributed by atoms with Crippen LogP contribution in [0.4, 0.5) is 0 Å². The van der Waals surface area contributed by atoms with E-state index in [1.165, 1.54) is 19.2 Å². The highest BCUT2D eigenvalue weighted by molar-refractivity contribution is 7.91. The van der Waals surface area contributed by atoms with Gasteiger partial charge in [0.15, 0.2) is 5.03 Å². The lowest BCUT2D eigenvalue weighted by Gasteiger charge is -2.10. The molecule has 0 spiro atoms. The van der Waals surface area contributed by atoms with Crippen molar-refractivity contribution in [2.75, 3.05) is 7.11 Å². The third-order valence-electron chi connectivity index (χ3n) is 3.50. The van der Waals surface area contributed by atoms with E-state index in [0.29, 0.717) is 17.1 Å². The first-order chi connectivity index (χ1) is 12.0. The molecule has 0 saturated heterocycles. The molecular formula is C19H16NO4S. The first-order valence-electron chi connectivity index (χ1n) is 7.46. The SMILES string of the molecule is [CH2]c1ccc(Oc2ccccc2)nc1S(=O)(=O)c1ccc(OC)cc1. The summed E-state index contributed by atoms with van der Waals surface area (Å²) in [5.41, 5.74) is 0.302. The second-order valence-corrected chi connectivity index (χ2v) is 7.07. The molecule has 1 heterocycles. The molecule has 5 nitrogen and oxygen atoms in total. The van der Waals surface area contributed by atoms with Crippen LogP contribution in [0.1, 0.15) is 5.56 Å². The van der Waals surface area contributed by atoms with Crippen molar-refractivity contribution in [3.63, 3.8) is 0 Å². The van der Waals surface area contributed by atoms with E-state index in [1.54, 1.807) is 36.4 Å². The van der Waals surface area contributed by atoms with Gasteiger partial charge in [-0.25, -0.2) is 13.4 Å². The molecule has 0 aliphatic rings. The van der Waals surface area contributed by atoms with E-state index in [4.69, 9.17) is 9.47 Å². The number of hydrogen-bond donors (Lipinski definition) is 0. The lowest BCUT2D eigenvalue weighted by Crippen LogP contribution is -2.07. The van der Waals surface area contributed by atoms with Gasteiger partial charge in [0.2, 0.25) is 15.7 Å². The smallest absolute Gasteiger partial charge is 0.224 e. The van der Waals surface area contributed by atoms with Crippen molar-refractivity contribution in [3.05, 3.63) is 79.2 Å². The Bertz CT molecular complexity index is 968. The van der Waals surface area contributed by atoms with Crippen LogP contribution in [0.2, 0.25) is 0 Å². The summed E-state index contributed by atoms with van der Waals surface area (Å²) in [7, 11) is -2.30. The summed E-state index contributed by atoms with van der Waals surface area (Å²) in [6.07, 6.45) is 0. The minimum absolute atomic E-state index is 0.113. The predicted octanol–water partition coefficient (Wildman–Crippen LogP) is 3.90. The zero-order valence-corrected chi connectivity index (χ0v) is 14.4. The van der Waals surface area contributed by atoms with Gasteiger partial charge in [-0.05, 0) is 48.9 Å². The molecule has 0 amide bonds. The minimum Gasteiger partial charge on any atom is -0.497 e. The fraction of sp³-hybridized carbons (Fsp3) is 0.0526. The lowest BCUT2D eigenvalue weighted by molar-refractivity contribution is 0.414. The topological polar surface area (TPSA) is 65.5 Å². The van der Waals surface area contributed by atoms with Gasteiger partial charge < -0.3 is 9.47 Å². The van der Waals surface area contributed by atoms with E-state index in [0.717, 1.165) is 0 Å². The number of nitrogens with zero attached hydrogens (tertiary/aromatic N) is 1. The average molecular weight is 354 g/mol. The monoisotopic (exact) mass is 354 g/mol. The maximum atomic E-state index is 12.9. The Kier molecular flexibility index (Phi) is 4.72. The summed E-state index contributed by atoms with van der Waals surface area (Å²) in [5, 5.41) is -0.133. The quantitative estimate of drug-likeness (QED) is 0.695. The number of aromatic nitrogens is 1. The predicted molar refractivity (Wildman–Crippen MR) is 93.7 cm³/mol. The molecule has 0 aliphatic carbocycles. The molecule has 1 aromatic heterocycles. The summed E-state index contributed by atoms with van der Waals surface area (Å²) < 4.78 is 36.4. The van der Waals surface area contributed by atoms with Crippen molar-refractivity contribution >= 4 is 9.84 Å². The molecule has 2 aromatic carbocycles. The molecule has 3 aromatic rings. The summed E-state index contributed by atoms with van der Waals surface area (Å²) in [5.74, 6) is 1.33. The van der Waals surface area contributed by atoms with Crippen LogP contribution < -0.4 is 9.47 Å². The number of rotatable bonds is 5. The standard InChI is InChI=1S/C19H16NO4S/c1-14-8-13-18(24-16-6-4-3-5-7-16)20-19(14)25(21,22)17-11-9-15(23-2)10-12-17/h3-13H,1H2,2H3. The number of pyridine rings is 1. The van der Waals surface area contributed by atoms with Gasteiger partial charge in [-0.3, -0.25) is 0 Å². The van der Waals surface area contributed by atoms with Gasteiger partial charge in [-0.2, -0.15) is 0 Å². The molecule has 0 aliphatic heterocycles. The molecule has 6 heteroatoms. The zero-order valence-electron chi connectivity index (χ0n) is 13.5. The first kappa shape index (κ1) is 17.0. The van der Waals surface area contributed by atoms with Gasteiger partial charge in [0, 0.05) is 6.07 Å². The van der Waals surface area contributed by atoms with Gasteiger partial charge in [0.25, 0.3) is 0 Å². The highest BCUT2D eigenvalue weighted by atomic mass is 32.2. The highest BCUT2D eigenvalue weighted by Gasteiger charge is 2.22. The molecule has 0 bridgehead atoms. The maximum Gasteiger partial charge on any atom is 0.224 e. The van der Waals surface area contributed by atoms with Crippen LogP contribution in [0.5, 0.6) is 17.4 Å². The van der Waals surface area contributed by atoms with Gasteiger partial charge in [-0.1, -0.05) is 24.3 Å². The minimum atomic E-state index is -3.82. The van der Waals surface area contributed by atoms with Crippen LogP contribution in [-0.2, 0) is 9.84 Å². The van der Waals surface area contributed by atoms with Crippen molar-refractivity contribution in [1.82, 2.24) is 4.98 Å². The number of benzene rings is 2. The second kappa shape index (κ2) is 6.94. The molecular weight excluding hydrogens is 338 g/mol. The summed E-state index contributed by atoms with van der Waals surface area (Å²) in [6, 6.07) is 18.3.